The second-order valence-electron chi connectivity index (χ2n) is 8.03. The molecule has 0 bridgehead atoms. The fourth-order valence-electron chi connectivity index (χ4n) is 3.78. The van der Waals surface area contributed by atoms with Gasteiger partial charge < -0.3 is 5.32 Å². The number of aryl methyl sites for hydroxylation is 1. The molecule has 1 aliphatic heterocycles. The number of thioether (sulfide) groups is 1. The van der Waals surface area contributed by atoms with E-state index in [1.807, 2.05) is 44.2 Å². The second-order valence-corrected chi connectivity index (χ2v) is 10.0. The highest BCUT2D eigenvalue weighted by atomic mass is 35.5. The Bertz CT molecular complexity index is 1380. The van der Waals surface area contributed by atoms with Crippen molar-refractivity contribution in [3.8, 4) is 6.07 Å². The lowest BCUT2D eigenvalue weighted by molar-refractivity contribution is -0.117. The van der Waals surface area contributed by atoms with E-state index in [0.29, 0.717) is 27.8 Å². The molecular formula is C27H21Cl2N3O2S. The Hall–Kier alpha value is -3.24. The van der Waals surface area contributed by atoms with Crippen molar-refractivity contribution in [2.24, 2.45) is 0 Å². The van der Waals surface area contributed by atoms with E-state index in [9.17, 15) is 14.9 Å². The molecule has 1 fully saturated rings. The molecule has 1 heterocycles. The molecule has 0 spiro atoms. The van der Waals surface area contributed by atoms with E-state index < -0.39 is 11.2 Å². The van der Waals surface area contributed by atoms with Gasteiger partial charge in [0.05, 0.1) is 15.3 Å². The summed E-state index contributed by atoms with van der Waals surface area (Å²) in [5.41, 5.74) is 3.71. The number of para-hydroxylation sites is 1. The predicted molar refractivity (Wildman–Crippen MR) is 143 cm³/mol. The Morgan fingerprint density at radius 2 is 1.77 bits per heavy atom. The number of rotatable bonds is 5. The molecule has 0 aromatic heterocycles. The van der Waals surface area contributed by atoms with Crippen LogP contribution in [0.2, 0.25) is 10.0 Å². The van der Waals surface area contributed by atoms with E-state index in [4.69, 9.17) is 23.2 Å². The minimum absolute atomic E-state index is 0.132. The minimum Gasteiger partial charge on any atom is -0.321 e. The van der Waals surface area contributed by atoms with Crippen molar-refractivity contribution < 1.29 is 9.59 Å². The fraction of sp³-hybridized carbons (Fsp3) is 0.148. The van der Waals surface area contributed by atoms with Gasteiger partial charge in [0.15, 0.2) is 0 Å². The summed E-state index contributed by atoms with van der Waals surface area (Å²) in [6.07, 6.45) is 0.299. The Labute approximate surface area is 218 Å². The van der Waals surface area contributed by atoms with Crippen LogP contribution in [0.25, 0.3) is 0 Å². The van der Waals surface area contributed by atoms with Gasteiger partial charge in [0.1, 0.15) is 16.7 Å². The molecule has 1 N–H and O–H groups in total. The average molecular weight is 522 g/mol. The molecule has 1 atom stereocenters. The Kier molecular flexibility index (Phi) is 7.51. The number of nitriles is 1. The number of nitrogens with one attached hydrogen (secondary N) is 1. The third-order valence-corrected chi connectivity index (χ3v) is 7.93. The molecule has 0 radical (unpaired) electrons. The number of hydrogen-bond acceptors (Lipinski definition) is 4. The highest BCUT2D eigenvalue weighted by molar-refractivity contribution is 8.05. The zero-order valence-corrected chi connectivity index (χ0v) is 21.3. The molecule has 8 heteroatoms. The van der Waals surface area contributed by atoms with Gasteiger partial charge in [-0.15, -0.1) is 0 Å². The molecule has 0 saturated carbocycles. The van der Waals surface area contributed by atoms with Crippen molar-refractivity contribution in [2.45, 2.75) is 25.5 Å². The molecule has 176 valence electrons. The molecule has 3 aromatic carbocycles. The van der Waals surface area contributed by atoms with Crippen molar-refractivity contribution in [1.29, 1.82) is 5.26 Å². The van der Waals surface area contributed by atoms with Crippen LogP contribution in [0, 0.1) is 25.2 Å². The topological polar surface area (TPSA) is 73.2 Å². The van der Waals surface area contributed by atoms with Gasteiger partial charge in [-0.3, -0.25) is 14.5 Å². The van der Waals surface area contributed by atoms with Crippen LogP contribution in [-0.2, 0) is 16.0 Å². The lowest BCUT2D eigenvalue weighted by Crippen LogP contribution is -2.31. The molecule has 1 aliphatic rings. The molecule has 0 aliphatic carbocycles. The third-order valence-electron chi connectivity index (χ3n) is 5.81. The van der Waals surface area contributed by atoms with Crippen LogP contribution in [0.15, 0.2) is 77.3 Å². The number of carbonyl (C=O) groups is 2. The number of benzene rings is 3. The van der Waals surface area contributed by atoms with E-state index >= 15 is 0 Å². The first-order valence-corrected chi connectivity index (χ1v) is 12.5. The molecule has 3 aromatic rings. The zero-order valence-electron chi connectivity index (χ0n) is 19.0. The van der Waals surface area contributed by atoms with Crippen LogP contribution in [0.5, 0.6) is 0 Å². The van der Waals surface area contributed by atoms with Crippen molar-refractivity contribution in [2.75, 3.05) is 10.2 Å². The first-order chi connectivity index (χ1) is 16.8. The number of nitrogens with zero attached hydrogens (tertiary/aromatic N) is 2. The number of carbonyl (C=O) groups excluding carboxylic acids is 2. The SMILES string of the molecule is Cc1cccc(NC(=O)/C(C#N)=C2/S[C@H](Cc3cccc(Cl)c3Cl)C(=O)N2c2ccccc2)c1C. The maximum Gasteiger partial charge on any atom is 0.269 e. The highest BCUT2D eigenvalue weighted by Crippen LogP contribution is 2.43. The number of halogens is 2. The van der Waals surface area contributed by atoms with Crippen molar-refractivity contribution >= 4 is 58.2 Å². The standard InChI is InChI=1S/C27H21Cl2N3O2S/c1-16-8-6-13-22(17(16)2)31-25(33)20(15-30)27-32(19-10-4-3-5-11-19)26(34)23(35-27)14-18-9-7-12-21(28)24(18)29/h3-13,23H,14H2,1-2H3,(H,31,33)/b27-20+/t23-/m1/s1. The van der Waals surface area contributed by atoms with Crippen LogP contribution in [0.4, 0.5) is 11.4 Å². The number of anilines is 2. The van der Waals surface area contributed by atoms with Gasteiger partial charge in [0, 0.05) is 11.4 Å². The molecule has 2 amide bonds. The molecular weight excluding hydrogens is 501 g/mol. The van der Waals surface area contributed by atoms with Crippen molar-refractivity contribution in [3.05, 3.63) is 104 Å². The molecule has 35 heavy (non-hydrogen) atoms. The summed E-state index contributed by atoms with van der Waals surface area (Å²) in [6.45, 7) is 3.85. The first-order valence-electron chi connectivity index (χ1n) is 10.8. The molecule has 4 rings (SSSR count). The molecule has 1 saturated heterocycles. The van der Waals surface area contributed by atoms with E-state index in [1.165, 1.54) is 16.7 Å². The normalized spacial score (nSPS) is 16.7. The van der Waals surface area contributed by atoms with E-state index in [-0.39, 0.29) is 16.5 Å². The van der Waals surface area contributed by atoms with Gasteiger partial charge in [-0.2, -0.15) is 5.26 Å². The van der Waals surface area contributed by atoms with Crippen molar-refractivity contribution in [1.82, 2.24) is 0 Å². The summed E-state index contributed by atoms with van der Waals surface area (Å²) in [5, 5.41) is 13.3. The van der Waals surface area contributed by atoms with Gasteiger partial charge in [0.25, 0.3) is 5.91 Å². The zero-order chi connectivity index (χ0) is 25.1. The summed E-state index contributed by atoms with van der Waals surface area (Å²) in [7, 11) is 0. The Morgan fingerprint density at radius 3 is 2.49 bits per heavy atom. The first kappa shape index (κ1) is 24.9. The molecule has 5 nitrogen and oxygen atoms in total. The van der Waals surface area contributed by atoms with Crippen LogP contribution < -0.4 is 10.2 Å². The smallest absolute Gasteiger partial charge is 0.269 e. The van der Waals surface area contributed by atoms with Crippen LogP contribution in [-0.4, -0.2) is 17.1 Å². The summed E-state index contributed by atoms with van der Waals surface area (Å²) in [5.74, 6) is -0.807. The fourth-order valence-corrected chi connectivity index (χ4v) is 5.47. The maximum absolute atomic E-state index is 13.6. The second kappa shape index (κ2) is 10.6. The van der Waals surface area contributed by atoms with Gasteiger partial charge >= 0.3 is 0 Å². The highest BCUT2D eigenvalue weighted by Gasteiger charge is 2.41. The summed E-state index contributed by atoms with van der Waals surface area (Å²) < 4.78 is 0. The van der Waals surface area contributed by atoms with Gasteiger partial charge in [-0.25, -0.2) is 0 Å². The van der Waals surface area contributed by atoms with E-state index in [0.717, 1.165) is 16.7 Å². The quantitative estimate of drug-likeness (QED) is 0.300. The number of hydrogen-bond donors (Lipinski definition) is 1. The lowest BCUT2D eigenvalue weighted by atomic mass is 10.1. The minimum atomic E-state index is -0.585. The summed E-state index contributed by atoms with van der Waals surface area (Å²) in [6, 6.07) is 21.8. The van der Waals surface area contributed by atoms with E-state index in [1.54, 1.807) is 42.5 Å². The van der Waals surface area contributed by atoms with Crippen LogP contribution in [0.3, 0.4) is 0 Å². The van der Waals surface area contributed by atoms with E-state index in [2.05, 4.69) is 5.32 Å². The monoisotopic (exact) mass is 521 g/mol. The van der Waals surface area contributed by atoms with Gasteiger partial charge in [-0.1, -0.05) is 77.4 Å². The van der Waals surface area contributed by atoms with Crippen LogP contribution in [0.1, 0.15) is 16.7 Å². The largest absolute Gasteiger partial charge is 0.321 e. The predicted octanol–water partition coefficient (Wildman–Crippen LogP) is 6.68. The summed E-state index contributed by atoms with van der Waals surface area (Å²) >= 11 is 13.7. The maximum atomic E-state index is 13.6. The third kappa shape index (κ3) is 5.08. The average Bonchev–Trinajstić information content (AvgIpc) is 3.16. The Balaban J connectivity index is 1.74. The van der Waals surface area contributed by atoms with Crippen molar-refractivity contribution in [3.63, 3.8) is 0 Å². The lowest BCUT2D eigenvalue weighted by Gasteiger charge is -2.19. The number of amides is 2. The summed E-state index contributed by atoms with van der Waals surface area (Å²) in [4.78, 5) is 28.3. The van der Waals surface area contributed by atoms with Crippen LogP contribution >= 0.6 is 35.0 Å². The molecule has 0 unspecified atom stereocenters. The van der Waals surface area contributed by atoms with Gasteiger partial charge in [0.2, 0.25) is 5.91 Å². The van der Waals surface area contributed by atoms with Gasteiger partial charge in [-0.05, 0) is 61.2 Å². The Morgan fingerprint density at radius 1 is 1.06 bits per heavy atom.